The fourth-order valence-corrected chi connectivity index (χ4v) is 3.67. The third-order valence-electron chi connectivity index (χ3n) is 3.79. The lowest BCUT2D eigenvalue weighted by atomic mass is 10.1. The number of carbonyl (C=O) groups excluding carboxylic acids is 2. The summed E-state index contributed by atoms with van der Waals surface area (Å²) in [6, 6.07) is 26.7. The molecule has 2 N–H and O–H groups in total. The first-order chi connectivity index (χ1) is 13.1. The average Bonchev–Trinajstić information content (AvgIpc) is 2.67. The van der Waals surface area contributed by atoms with Crippen molar-refractivity contribution in [1.29, 1.82) is 0 Å². The zero-order valence-electron chi connectivity index (χ0n) is 14.9. The number of thioether (sulfide) groups is 1. The molecule has 0 bridgehead atoms. The largest absolute Gasteiger partial charge is 0.326 e. The Bertz CT molecular complexity index is 914. The Balaban J connectivity index is 1.82. The van der Waals surface area contributed by atoms with Crippen molar-refractivity contribution in [2.45, 2.75) is 17.1 Å². The van der Waals surface area contributed by atoms with Crippen molar-refractivity contribution in [3.05, 3.63) is 90.5 Å². The van der Waals surface area contributed by atoms with Gasteiger partial charge in [0.25, 0.3) is 0 Å². The highest BCUT2D eigenvalue weighted by Gasteiger charge is 2.22. The summed E-state index contributed by atoms with van der Waals surface area (Å²) in [6.07, 6.45) is 0. The molecule has 0 spiro atoms. The SMILES string of the molecule is CC(=O)Nc1cccc(NC(=O)[C@@H](Sc2ccccc2)c2ccccc2)c1. The second kappa shape index (κ2) is 9.05. The molecule has 27 heavy (non-hydrogen) atoms. The molecular weight excluding hydrogens is 356 g/mol. The van der Waals surface area contributed by atoms with E-state index in [1.54, 1.807) is 24.3 Å². The predicted octanol–water partition coefficient (Wildman–Crippen LogP) is 5.12. The predicted molar refractivity (Wildman–Crippen MR) is 111 cm³/mol. The Kier molecular flexibility index (Phi) is 6.28. The van der Waals surface area contributed by atoms with Crippen LogP contribution in [0.3, 0.4) is 0 Å². The highest BCUT2D eigenvalue weighted by atomic mass is 32.2. The van der Waals surface area contributed by atoms with Crippen molar-refractivity contribution in [3.8, 4) is 0 Å². The second-order valence-electron chi connectivity index (χ2n) is 5.97. The summed E-state index contributed by atoms with van der Waals surface area (Å²) >= 11 is 1.50. The van der Waals surface area contributed by atoms with Crippen LogP contribution >= 0.6 is 11.8 Å². The maximum Gasteiger partial charge on any atom is 0.242 e. The minimum atomic E-state index is -0.391. The van der Waals surface area contributed by atoms with Crippen LogP contribution in [0.5, 0.6) is 0 Å². The quantitative estimate of drug-likeness (QED) is 0.587. The molecule has 136 valence electrons. The molecule has 2 amide bonds. The minimum absolute atomic E-state index is 0.116. The van der Waals surface area contributed by atoms with Gasteiger partial charge in [0.05, 0.1) is 0 Å². The van der Waals surface area contributed by atoms with Crippen LogP contribution < -0.4 is 10.6 Å². The van der Waals surface area contributed by atoms with Crippen molar-refractivity contribution in [1.82, 2.24) is 0 Å². The van der Waals surface area contributed by atoms with Gasteiger partial charge < -0.3 is 10.6 Å². The minimum Gasteiger partial charge on any atom is -0.326 e. The molecule has 0 heterocycles. The van der Waals surface area contributed by atoms with E-state index in [1.807, 2.05) is 60.7 Å². The molecule has 4 nitrogen and oxygen atoms in total. The Morgan fingerprint density at radius 2 is 1.37 bits per heavy atom. The maximum atomic E-state index is 13.0. The van der Waals surface area contributed by atoms with Crippen molar-refractivity contribution in [2.75, 3.05) is 10.6 Å². The molecule has 3 aromatic rings. The number of carbonyl (C=O) groups is 2. The Hall–Kier alpha value is -3.05. The molecular formula is C22H20N2O2S. The highest BCUT2D eigenvalue weighted by molar-refractivity contribution is 8.00. The van der Waals surface area contributed by atoms with Gasteiger partial charge in [0.15, 0.2) is 0 Å². The summed E-state index contributed by atoms with van der Waals surface area (Å²) in [5, 5.41) is 5.30. The van der Waals surface area contributed by atoms with Gasteiger partial charge in [-0.2, -0.15) is 0 Å². The van der Waals surface area contributed by atoms with Gasteiger partial charge >= 0.3 is 0 Å². The van der Waals surface area contributed by atoms with Crippen LogP contribution in [0.25, 0.3) is 0 Å². The summed E-state index contributed by atoms with van der Waals surface area (Å²) in [5.74, 6) is -0.268. The van der Waals surface area contributed by atoms with Gasteiger partial charge in [0.2, 0.25) is 11.8 Å². The number of hydrogen-bond donors (Lipinski definition) is 2. The average molecular weight is 376 g/mol. The molecule has 3 rings (SSSR count). The van der Waals surface area contributed by atoms with Crippen LogP contribution in [0, 0.1) is 0 Å². The maximum absolute atomic E-state index is 13.0. The number of nitrogens with one attached hydrogen (secondary N) is 2. The molecule has 0 aliphatic rings. The Morgan fingerprint density at radius 3 is 2.00 bits per heavy atom. The highest BCUT2D eigenvalue weighted by Crippen LogP contribution is 2.36. The first-order valence-electron chi connectivity index (χ1n) is 8.57. The molecule has 0 radical (unpaired) electrons. The van der Waals surface area contributed by atoms with Crippen LogP contribution in [-0.4, -0.2) is 11.8 Å². The lowest BCUT2D eigenvalue weighted by Crippen LogP contribution is -2.19. The van der Waals surface area contributed by atoms with E-state index in [-0.39, 0.29) is 11.8 Å². The van der Waals surface area contributed by atoms with Crippen LogP contribution in [0.1, 0.15) is 17.7 Å². The lowest BCUT2D eigenvalue weighted by molar-refractivity contribution is -0.116. The van der Waals surface area contributed by atoms with E-state index < -0.39 is 5.25 Å². The summed E-state index contributed by atoms with van der Waals surface area (Å²) in [6.45, 7) is 1.45. The van der Waals surface area contributed by atoms with Crippen LogP contribution in [0.2, 0.25) is 0 Å². The zero-order chi connectivity index (χ0) is 19.1. The number of anilines is 2. The molecule has 1 atom stereocenters. The summed E-state index contributed by atoms with van der Waals surface area (Å²) in [7, 11) is 0. The Labute approximate surface area is 163 Å². The topological polar surface area (TPSA) is 58.2 Å². The third-order valence-corrected chi connectivity index (χ3v) is 5.05. The van der Waals surface area contributed by atoms with E-state index >= 15 is 0 Å². The van der Waals surface area contributed by atoms with E-state index in [0.29, 0.717) is 11.4 Å². The van der Waals surface area contributed by atoms with Gasteiger partial charge in [-0.05, 0) is 35.9 Å². The van der Waals surface area contributed by atoms with E-state index in [4.69, 9.17) is 0 Å². The normalized spacial score (nSPS) is 11.4. The molecule has 5 heteroatoms. The third kappa shape index (κ3) is 5.46. The standard InChI is InChI=1S/C22H20N2O2S/c1-16(25)23-18-11-8-12-19(15-18)24-22(26)21(17-9-4-2-5-10-17)27-20-13-6-3-7-14-20/h2-15,21H,1H3,(H,23,25)(H,24,26)/t21-/m0/s1. The van der Waals surface area contributed by atoms with E-state index in [1.165, 1.54) is 18.7 Å². The van der Waals surface area contributed by atoms with Gasteiger partial charge in [-0.3, -0.25) is 9.59 Å². The van der Waals surface area contributed by atoms with Gasteiger partial charge in [-0.1, -0.05) is 54.6 Å². The van der Waals surface area contributed by atoms with Crippen LogP contribution in [0.15, 0.2) is 89.8 Å². The molecule has 0 aliphatic heterocycles. The molecule has 0 aromatic heterocycles. The zero-order valence-corrected chi connectivity index (χ0v) is 15.7. The van der Waals surface area contributed by atoms with Gasteiger partial charge in [0.1, 0.15) is 5.25 Å². The Morgan fingerprint density at radius 1 is 0.778 bits per heavy atom. The van der Waals surface area contributed by atoms with Gasteiger partial charge in [-0.25, -0.2) is 0 Å². The smallest absolute Gasteiger partial charge is 0.242 e. The van der Waals surface area contributed by atoms with Gasteiger partial charge in [-0.15, -0.1) is 11.8 Å². The molecule has 0 saturated carbocycles. The molecule has 0 fully saturated rings. The molecule has 0 unspecified atom stereocenters. The summed E-state index contributed by atoms with van der Waals surface area (Å²) in [4.78, 5) is 25.3. The first kappa shape index (κ1) is 18.7. The number of benzene rings is 3. The fraction of sp³-hybridized carbons (Fsp3) is 0.0909. The number of hydrogen-bond acceptors (Lipinski definition) is 3. The number of amides is 2. The monoisotopic (exact) mass is 376 g/mol. The second-order valence-corrected chi connectivity index (χ2v) is 7.15. The van der Waals surface area contributed by atoms with Crippen molar-refractivity contribution < 1.29 is 9.59 Å². The fourth-order valence-electron chi connectivity index (χ4n) is 2.62. The van der Waals surface area contributed by atoms with E-state index in [0.717, 1.165) is 10.5 Å². The van der Waals surface area contributed by atoms with E-state index in [9.17, 15) is 9.59 Å². The number of rotatable bonds is 6. The van der Waals surface area contributed by atoms with Gasteiger partial charge in [0, 0.05) is 23.2 Å². The lowest BCUT2D eigenvalue weighted by Gasteiger charge is -2.17. The molecule has 3 aromatic carbocycles. The first-order valence-corrected chi connectivity index (χ1v) is 9.45. The van der Waals surface area contributed by atoms with Crippen molar-refractivity contribution in [3.63, 3.8) is 0 Å². The van der Waals surface area contributed by atoms with Crippen molar-refractivity contribution in [2.24, 2.45) is 0 Å². The molecule has 0 aliphatic carbocycles. The van der Waals surface area contributed by atoms with Crippen molar-refractivity contribution >= 4 is 35.0 Å². The molecule has 0 saturated heterocycles. The van der Waals surface area contributed by atoms with Crippen LogP contribution in [-0.2, 0) is 9.59 Å². The summed E-state index contributed by atoms with van der Waals surface area (Å²) in [5.41, 5.74) is 2.22. The van der Waals surface area contributed by atoms with Crippen LogP contribution in [0.4, 0.5) is 11.4 Å². The van der Waals surface area contributed by atoms with E-state index in [2.05, 4.69) is 10.6 Å². The summed E-state index contributed by atoms with van der Waals surface area (Å²) < 4.78 is 0.